The third kappa shape index (κ3) is 4.84. The highest BCUT2D eigenvalue weighted by atomic mass is 16.3. The smallest absolute Gasteiger partial charge is 0.145 e. The molecule has 0 saturated heterocycles. The van der Waals surface area contributed by atoms with E-state index in [-0.39, 0.29) is 0 Å². The maximum Gasteiger partial charge on any atom is 0.145 e. The second-order valence-corrected chi connectivity index (χ2v) is 13.2. The van der Waals surface area contributed by atoms with Gasteiger partial charge < -0.3 is 19.2 Å². The fourth-order valence-electron chi connectivity index (χ4n) is 7.70. The average molecular weight is 668 g/mol. The minimum absolute atomic E-state index is 0.837. The number of nitrogens with one attached hydrogen (secondary N) is 1. The molecule has 10 rings (SSSR count). The molecule has 1 N–H and O–H groups in total. The van der Waals surface area contributed by atoms with E-state index in [9.17, 15) is 0 Å². The van der Waals surface area contributed by atoms with Gasteiger partial charge in [0.1, 0.15) is 11.2 Å². The molecule has 4 heteroatoms. The predicted octanol–water partition coefficient (Wildman–Crippen LogP) is 13.3. The average Bonchev–Trinajstić information content (AvgIpc) is 3.72. The number of anilines is 4. The normalized spacial score (nSPS) is 14.1. The van der Waals surface area contributed by atoms with Crippen LogP contribution >= 0.6 is 0 Å². The molecule has 0 radical (unpaired) electrons. The molecule has 0 fully saturated rings. The Morgan fingerprint density at radius 1 is 0.558 bits per heavy atom. The van der Waals surface area contributed by atoms with Crippen LogP contribution in [0.25, 0.3) is 66.1 Å². The van der Waals surface area contributed by atoms with Crippen molar-refractivity contribution in [2.24, 2.45) is 0 Å². The van der Waals surface area contributed by atoms with Crippen molar-refractivity contribution in [2.45, 2.75) is 0 Å². The number of allylic oxidation sites excluding steroid dienone is 4. The number of aromatic nitrogens is 1. The lowest BCUT2D eigenvalue weighted by Crippen LogP contribution is -2.11. The fraction of sp³-hybridized carbons (Fsp3) is 0. The number of para-hydroxylation sites is 3. The Balaban J connectivity index is 1.11. The van der Waals surface area contributed by atoms with E-state index >= 15 is 0 Å². The molecule has 1 aliphatic heterocycles. The molecule has 1 aliphatic rings. The van der Waals surface area contributed by atoms with Crippen LogP contribution in [-0.4, -0.2) is 4.57 Å². The van der Waals surface area contributed by atoms with Crippen LogP contribution in [0.5, 0.6) is 0 Å². The highest BCUT2D eigenvalue weighted by molar-refractivity contribution is 6.13. The fourth-order valence-corrected chi connectivity index (χ4v) is 7.70. The van der Waals surface area contributed by atoms with E-state index in [4.69, 9.17) is 4.42 Å². The Hall–Kier alpha value is -7.04. The first-order valence-electron chi connectivity index (χ1n) is 17.5. The second kappa shape index (κ2) is 12.1. The molecule has 0 saturated carbocycles. The van der Waals surface area contributed by atoms with Crippen molar-refractivity contribution in [3.8, 4) is 16.8 Å². The Morgan fingerprint density at radius 2 is 1.33 bits per heavy atom. The summed E-state index contributed by atoms with van der Waals surface area (Å²) < 4.78 is 9.06. The third-order valence-electron chi connectivity index (χ3n) is 10.1. The van der Waals surface area contributed by atoms with Crippen LogP contribution in [0, 0.1) is 0 Å². The summed E-state index contributed by atoms with van der Waals surface area (Å²) in [5.74, 6) is 0. The summed E-state index contributed by atoms with van der Waals surface area (Å²) in [6.45, 7) is 4.47. The van der Waals surface area contributed by atoms with Crippen LogP contribution in [0.3, 0.4) is 0 Å². The predicted molar refractivity (Wildman–Crippen MR) is 219 cm³/mol. The molecule has 2 aromatic heterocycles. The zero-order valence-corrected chi connectivity index (χ0v) is 28.3. The van der Waals surface area contributed by atoms with Gasteiger partial charge in [0.25, 0.3) is 0 Å². The Kier molecular flexibility index (Phi) is 6.93. The summed E-state index contributed by atoms with van der Waals surface area (Å²) in [7, 11) is 0. The van der Waals surface area contributed by atoms with E-state index in [0.29, 0.717) is 0 Å². The van der Waals surface area contributed by atoms with Crippen LogP contribution in [0.2, 0.25) is 0 Å². The van der Waals surface area contributed by atoms with E-state index in [1.807, 2.05) is 18.2 Å². The first-order valence-corrected chi connectivity index (χ1v) is 17.5. The highest BCUT2D eigenvalue weighted by Crippen LogP contribution is 2.43. The molecule has 246 valence electrons. The van der Waals surface area contributed by atoms with Gasteiger partial charge in [-0.3, -0.25) is 0 Å². The van der Waals surface area contributed by atoms with Crippen LogP contribution in [0.4, 0.5) is 22.7 Å². The molecule has 0 atom stereocenters. The van der Waals surface area contributed by atoms with E-state index in [2.05, 4.69) is 185 Å². The number of nitrogens with zero attached hydrogens (tertiary/aromatic N) is 2. The Morgan fingerprint density at radius 3 is 2.21 bits per heavy atom. The van der Waals surface area contributed by atoms with Crippen molar-refractivity contribution in [3.05, 3.63) is 194 Å². The lowest BCUT2D eigenvalue weighted by atomic mass is 9.99. The van der Waals surface area contributed by atoms with Gasteiger partial charge >= 0.3 is 0 Å². The minimum atomic E-state index is 0.837. The van der Waals surface area contributed by atoms with Crippen molar-refractivity contribution in [2.75, 3.05) is 10.2 Å². The molecule has 0 aliphatic carbocycles. The summed E-state index contributed by atoms with van der Waals surface area (Å²) in [4.78, 5) is 2.20. The van der Waals surface area contributed by atoms with Crippen molar-refractivity contribution in [1.29, 1.82) is 0 Å². The summed E-state index contributed by atoms with van der Waals surface area (Å²) >= 11 is 0. The molecule has 0 spiro atoms. The van der Waals surface area contributed by atoms with Crippen molar-refractivity contribution in [3.63, 3.8) is 0 Å². The lowest BCUT2D eigenvalue weighted by Gasteiger charge is -2.25. The van der Waals surface area contributed by atoms with Gasteiger partial charge in [0.2, 0.25) is 0 Å². The molecule has 0 bridgehead atoms. The number of hydrogen-bond acceptors (Lipinski definition) is 3. The lowest BCUT2D eigenvalue weighted by molar-refractivity contribution is 0.667. The monoisotopic (exact) mass is 667 g/mol. The molecule has 9 aromatic rings. The molecule has 52 heavy (non-hydrogen) atoms. The standard InChI is InChI=1S/C48H33N3O/c1-32-14-12-13-29-50(35-17-6-3-7-18-35)45-27-25-39-41-31-36(24-28-46(41)52-48(39)47(32)45)51-43-22-11-9-20-38(43)40-30-34(23-26-44(40)51)49-42-21-10-8-19-37(42)33-15-4-2-5-16-33/h2-31,49H,1H2/b14-12-,29-13-. The summed E-state index contributed by atoms with van der Waals surface area (Å²) in [5, 5.41) is 8.25. The minimum Gasteiger partial charge on any atom is -0.455 e. The maximum atomic E-state index is 6.70. The van der Waals surface area contributed by atoms with Crippen LogP contribution in [-0.2, 0) is 0 Å². The Labute approximate surface area is 301 Å². The number of hydrogen-bond donors (Lipinski definition) is 1. The molecule has 4 nitrogen and oxygen atoms in total. The zero-order valence-electron chi connectivity index (χ0n) is 28.3. The quantitative estimate of drug-likeness (QED) is 0.198. The molecule has 7 aromatic carbocycles. The van der Waals surface area contributed by atoms with E-state index < -0.39 is 0 Å². The topological polar surface area (TPSA) is 33.3 Å². The van der Waals surface area contributed by atoms with Gasteiger partial charge in [-0.2, -0.15) is 0 Å². The molecule has 0 amide bonds. The Bertz CT molecular complexity index is 2890. The van der Waals surface area contributed by atoms with Crippen LogP contribution in [0.15, 0.2) is 193 Å². The van der Waals surface area contributed by atoms with Gasteiger partial charge in [-0.15, -0.1) is 0 Å². The first kappa shape index (κ1) is 29.8. The maximum absolute atomic E-state index is 6.70. The second-order valence-electron chi connectivity index (χ2n) is 13.2. The zero-order chi connectivity index (χ0) is 34.6. The van der Waals surface area contributed by atoms with Gasteiger partial charge in [0.15, 0.2) is 0 Å². The van der Waals surface area contributed by atoms with Crippen molar-refractivity contribution < 1.29 is 4.42 Å². The largest absolute Gasteiger partial charge is 0.455 e. The van der Waals surface area contributed by atoms with Crippen molar-refractivity contribution in [1.82, 2.24) is 4.57 Å². The van der Waals surface area contributed by atoms with Crippen LogP contribution < -0.4 is 10.2 Å². The number of benzene rings is 7. The SMILES string of the molecule is C=C1/C=C\C=C/N(c2ccccc2)c2ccc3c(oc4ccc(-n5c6ccccc6c6cc(Nc7ccccc7-c7ccccc7)ccc65)cc43)c21. The van der Waals surface area contributed by atoms with E-state index in [1.54, 1.807) is 0 Å². The summed E-state index contributed by atoms with van der Waals surface area (Å²) in [6.07, 6.45) is 8.23. The van der Waals surface area contributed by atoms with E-state index in [0.717, 1.165) is 72.5 Å². The van der Waals surface area contributed by atoms with Crippen molar-refractivity contribution >= 4 is 72.1 Å². The highest BCUT2D eigenvalue weighted by Gasteiger charge is 2.22. The van der Waals surface area contributed by atoms with Gasteiger partial charge in [0.05, 0.1) is 16.7 Å². The summed E-state index contributed by atoms with van der Waals surface area (Å²) in [5.41, 5.74) is 13.5. The third-order valence-corrected chi connectivity index (χ3v) is 10.1. The van der Waals surface area contributed by atoms with Gasteiger partial charge in [-0.25, -0.2) is 0 Å². The number of furan rings is 1. The van der Waals surface area contributed by atoms with Gasteiger partial charge in [-0.1, -0.05) is 104 Å². The van der Waals surface area contributed by atoms with Crippen LogP contribution in [0.1, 0.15) is 5.56 Å². The molecular weight excluding hydrogens is 635 g/mol. The number of rotatable bonds is 5. The molecule has 3 heterocycles. The first-order chi connectivity index (χ1) is 25.7. The number of fused-ring (bicyclic) bond motifs is 8. The molecular formula is C48H33N3O. The molecule has 0 unspecified atom stereocenters. The summed E-state index contributed by atoms with van der Waals surface area (Å²) in [6, 6.07) is 55.6. The van der Waals surface area contributed by atoms with E-state index in [1.165, 1.54) is 21.9 Å². The van der Waals surface area contributed by atoms with Gasteiger partial charge in [-0.05, 0) is 90.0 Å². The van der Waals surface area contributed by atoms with Gasteiger partial charge in [0, 0.05) is 61.6 Å².